The van der Waals surface area contributed by atoms with Gasteiger partial charge >= 0.3 is 11.2 Å². The van der Waals surface area contributed by atoms with E-state index >= 15 is 0 Å². The summed E-state index contributed by atoms with van der Waals surface area (Å²) in [6.45, 7) is 0. The molecular weight excluding hydrogens is 312 g/mol. The standard InChI is InChI=1S/C9HClF8O/c10-8(16)7(19-9(8,17)18)1-2(11)4(13)6(15)5(14)3(1)12/h7H/t7-,8-/m1/s1. The first kappa shape index (κ1) is 14.3. The van der Waals surface area contributed by atoms with E-state index in [1.165, 1.54) is 0 Å². The Hall–Kier alpha value is -1.09. The third-order valence-electron chi connectivity index (χ3n) is 2.49. The molecule has 19 heavy (non-hydrogen) atoms. The third kappa shape index (κ3) is 1.71. The second-order valence-electron chi connectivity index (χ2n) is 3.62. The number of hydrogen-bond acceptors (Lipinski definition) is 1. The molecule has 1 aromatic rings. The Morgan fingerprint density at radius 3 is 1.47 bits per heavy atom. The van der Waals surface area contributed by atoms with Crippen LogP contribution < -0.4 is 0 Å². The summed E-state index contributed by atoms with van der Waals surface area (Å²) >= 11 is 4.67. The highest BCUT2D eigenvalue weighted by atomic mass is 35.5. The van der Waals surface area contributed by atoms with Crippen molar-refractivity contribution >= 4 is 11.6 Å². The van der Waals surface area contributed by atoms with Crippen molar-refractivity contribution in [2.45, 2.75) is 17.3 Å². The minimum atomic E-state index is -4.61. The fraction of sp³-hybridized carbons (Fsp3) is 0.333. The molecule has 0 amide bonds. The maximum atomic E-state index is 13.3. The maximum absolute atomic E-state index is 13.3. The normalized spacial score (nSPS) is 29.2. The summed E-state index contributed by atoms with van der Waals surface area (Å²) in [4.78, 5) is 0. The van der Waals surface area contributed by atoms with Crippen LogP contribution in [0.15, 0.2) is 0 Å². The van der Waals surface area contributed by atoms with Crippen LogP contribution in [0.5, 0.6) is 0 Å². The van der Waals surface area contributed by atoms with Gasteiger partial charge in [0.25, 0.3) is 0 Å². The van der Waals surface area contributed by atoms with E-state index in [0.29, 0.717) is 0 Å². The second kappa shape index (κ2) is 3.95. The Bertz CT molecular complexity index is 529. The lowest BCUT2D eigenvalue weighted by atomic mass is 9.97. The molecule has 10 heteroatoms. The molecule has 1 heterocycles. The van der Waals surface area contributed by atoms with Gasteiger partial charge in [-0.2, -0.15) is 8.78 Å². The first-order chi connectivity index (χ1) is 8.52. The van der Waals surface area contributed by atoms with E-state index in [2.05, 4.69) is 16.3 Å². The van der Waals surface area contributed by atoms with Crippen LogP contribution >= 0.6 is 11.6 Å². The van der Waals surface area contributed by atoms with Gasteiger partial charge in [-0.1, -0.05) is 11.6 Å². The third-order valence-corrected chi connectivity index (χ3v) is 2.91. The molecule has 0 aromatic heterocycles. The van der Waals surface area contributed by atoms with Crippen LogP contribution in [0.4, 0.5) is 35.1 Å². The van der Waals surface area contributed by atoms with Gasteiger partial charge < -0.3 is 4.74 Å². The molecule has 0 bridgehead atoms. The molecule has 2 rings (SSSR count). The number of rotatable bonds is 1. The molecule has 2 atom stereocenters. The van der Waals surface area contributed by atoms with Crippen molar-refractivity contribution in [1.29, 1.82) is 0 Å². The molecule has 0 spiro atoms. The number of benzene rings is 1. The predicted molar refractivity (Wildman–Crippen MR) is 44.7 cm³/mol. The summed E-state index contributed by atoms with van der Waals surface area (Å²) < 4.78 is 107. The number of ether oxygens (including phenoxy) is 1. The van der Waals surface area contributed by atoms with Gasteiger partial charge in [0.05, 0.1) is 5.56 Å². The van der Waals surface area contributed by atoms with Crippen molar-refractivity contribution in [1.82, 2.24) is 0 Å². The van der Waals surface area contributed by atoms with Gasteiger partial charge in [-0.25, -0.2) is 26.3 Å². The van der Waals surface area contributed by atoms with Gasteiger partial charge in [-0.3, -0.25) is 0 Å². The molecule has 0 radical (unpaired) electrons. The summed E-state index contributed by atoms with van der Waals surface area (Å²) in [7, 11) is 0. The monoisotopic (exact) mass is 312 g/mol. The molecule has 1 saturated heterocycles. The molecule has 0 saturated carbocycles. The molecule has 1 nitrogen and oxygen atoms in total. The van der Waals surface area contributed by atoms with Gasteiger partial charge in [-0.05, 0) is 0 Å². The van der Waals surface area contributed by atoms with Crippen molar-refractivity contribution in [3.05, 3.63) is 34.6 Å². The van der Waals surface area contributed by atoms with E-state index in [1.807, 2.05) is 0 Å². The summed E-state index contributed by atoms with van der Waals surface area (Å²) in [5.74, 6) is -12.3. The Kier molecular flexibility index (Phi) is 2.98. The van der Waals surface area contributed by atoms with Crippen LogP contribution in [0.3, 0.4) is 0 Å². The molecule has 106 valence electrons. The predicted octanol–water partition coefficient (Wildman–Crippen LogP) is 3.95. The van der Waals surface area contributed by atoms with Gasteiger partial charge in [-0.15, -0.1) is 0 Å². The summed E-state index contributed by atoms with van der Waals surface area (Å²) in [5.41, 5.74) is -1.89. The largest absolute Gasteiger partial charge is 0.407 e. The van der Waals surface area contributed by atoms with Crippen LogP contribution in [0, 0.1) is 29.1 Å². The van der Waals surface area contributed by atoms with Crippen molar-refractivity contribution < 1.29 is 39.9 Å². The van der Waals surface area contributed by atoms with Crippen LogP contribution in [0.2, 0.25) is 0 Å². The smallest absolute Gasteiger partial charge is 0.303 e. The summed E-state index contributed by atoms with van der Waals surface area (Å²) in [5, 5.41) is -4.12. The molecule has 0 aliphatic carbocycles. The van der Waals surface area contributed by atoms with Gasteiger partial charge in [0.2, 0.25) is 5.82 Å². The van der Waals surface area contributed by atoms with Crippen molar-refractivity contribution in [3.8, 4) is 0 Å². The molecule has 0 N–H and O–H groups in total. The average molecular weight is 313 g/mol. The molecule has 1 aromatic carbocycles. The summed E-state index contributed by atoms with van der Waals surface area (Å²) in [6.07, 6.45) is -7.44. The summed E-state index contributed by atoms with van der Waals surface area (Å²) in [6, 6.07) is 0. The van der Waals surface area contributed by atoms with E-state index in [-0.39, 0.29) is 0 Å². The Balaban J connectivity index is 2.61. The van der Waals surface area contributed by atoms with Crippen molar-refractivity contribution in [3.63, 3.8) is 0 Å². The molecule has 1 fully saturated rings. The minimum absolute atomic E-state index is 1.89. The Labute approximate surface area is 104 Å². The first-order valence-electron chi connectivity index (χ1n) is 4.47. The highest BCUT2D eigenvalue weighted by molar-refractivity contribution is 6.24. The lowest BCUT2D eigenvalue weighted by Gasteiger charge is -2.44. The highest BCUT2D eigenvalue weighted by Crippen LogP contribution is 2.59. The molecule has 1 aliphatic rings. The van der Waals surface area contributed by atoms with E-state index < -0.39 is 52.0 Å². The quantitative estimate of drug-likeness (QED) is 0.330. The second-order valence-corrected chi connectivity index (χ2v) is 4.17. The SMILES string of the molecule is Fc1c(F)c(F)c([C@H]2OC(F)(F)[C@@]2(F)Cl)c(F)c1F. The lowest BCUT2D eigenvalue weighted by Crippen LogP contribution is -2.59. The van der Waals surface area contributed by atoms with Gasteiger partial charge in [0, 0.05) is 0 Å². The fourth-order valence-corrected chi connectivity index (χ4v) is 1.69. The lowest BCUT2D eigenvalue weighted by molar-refractivity contribution is -0.415. The van der Waals surface area contributed by atoms with E-state index in [4.69, 9.17) is 0 Å². The van der Waals surface area contributed by atoms with Crippen LogP contribution in [0.1, 0.15) is 11.7 Å². The maximum Gasteiger partial charge on any atom is 0.407 e. The van der Waals surface area contributed by atoms with Crippen molar-refractivity contribution in [2.24, 2.45) is 0 Å². The molecule has 0 unspecified atom stereocenters. The zero-order chi connectivity index (χ0) is 14.7. The average Bonchev–Trinajstić information content (AvgIpc) is 2.33. The first-order valence-corrected chi connectivity index (χ1v) is 4.85. The topological polar surface area (TPSA) is 9.23 Å². The fourth-order valence-electron chi connectivity index (χ4n) is 1.49. The van der Waals surface area contributed by atoms with Crippen LogP contribution in [-0.2, 0) is 4.74 Å². The zero-order valence-corrected chi connectivity index (χ0v) is 9.14. The van der Waals surface area contributed by atoms with Crippen LogP contribution in [-0.4, -0.2) is 11.2 Å². The highest BCUT2D eigenvalue weighted by Gasteiger charge is 2.73. The van der Waals surface area contributed by atoms with Crippen molar-refractivity contribution in [2.75, 3.05) is 0 Å². The molecule has 1 aliphatic heterocycles. The van der Waals surface area contributed by atoms with E-state index in [0.717, 1.165) is 0 Å². The zero-order valence-electron chi connectivity index (χ0n) is 8.39. The minimum Gasteiger partial charge on any atom is -0.303 e. The Morgan fingerprint density at radius 1 is 0.789 bits per heavy atom. The number of halogens is 9. The Morgan fingerprint density at radius 2 is 1.16 bits per heavy atom. The number of alkyl halides is 4. The van der Waals surface area contributed by atoms with Gasteiger partial charge in [0.1, 0.15) is 0 Å². The van der Waals surface area contributed by atoms with E-state index in [9.17, 15) is 35.1 Å². The van der Waals surface area contributed by atoms with Crippen LogP contribution in [0.25, 0.3) is 0 Å². The molecular formula is C9HClF8O. The van der Waals surface area contributed by atoms with E-state index in [1.54, 1.807) is 0 Å². The van der Waals surface area contributed by atoms with Gasteiger partial charge in [0.15, 0.2) is 29.4 Å². The number of hydrogen-bond donors (Lipinski definition) is 0.